The van der Waals surface area contributed by atoms with E-state index in [0.717, 1.165) is 36.3 Å². The van der Waals surface area contributed by atoms with Gasteiger partial charge in [-0.3, -0.25) is 4.99 Å². The van der Waals surface area contributed by atoms with Crippen molar-refractivity contribution in [2.45, 2.75) is 53.2 Å². The molecule has 0 radical (unpaired) electrons. The zero-order valence-electron chi connectivity index (χ0n) is 18.3. The Balaban J connectivity index is 0.00000480. The molecule has 0 unspecified atom stereocenters. The van der Waals surface area contributed by atoms with Gasteiger partial charge < -0.3 is 24.6 Å². The fourth-order valence-corrected chi connectivity index (χ4v) is 2.93. The number of benzene rings is 1. The van der Waals surface area contributed by atoms with Gasteiger partial charge in [-0.15, -0.1) is 24.0 Å². The molecule has 174 valence electrons. The molecule has 2 aromatic rings. The maximum absolute atomic E-state index is 12.8. The van der Waals surface area contributed by atoms with Gasteiger partial charge in [0, 0.05) is 37.3 Å². The SMILES string of the molecule is CCCOc1ccc(CNC(=NC)NCCCc2c(C)noc2C)c(OC(F)F)c1.I. The van der Waals surface area contributed by atoms with Crippen LogP contribution in [-0.2, 0) is 13.0 Å². The molecule has 0 aliphatic rings. The summed E-state index contributed by atoms with van der Waals surface area (Å²) in [6, 6.07) is 4.93. The van der Waals surface area contributed by atoms with E-state index in [0.29, 0.717) is 30.4 Å². The van der Waals surface area contributed by atoms with Crippen molar-refractivity contribution in [1.82, 2.24) is 15.8 Å². The number of halogens is 3. The summed E-state index contributed by atoms with van der Waals surface area (Å²) in [4.78, 5) is 4.17. The van der Waals surface area contributed by atoms with Gasteiger partial charge in [0.05, 0.1) is 12.3 Å². The van der Waals surface area contributed by atoms with Crippen molar-refractivity contribution >= 4 is 29.9 Å². The van der Waals surface area contributed by atoms with Crippen LogP contribution in [0.5, 0.6) is 11.5 Å². The Hall–Kier alpha value is -2.11. The molecule has 0 saturated heterocycles. The van der Waals surface area contributed by atoms with Crippen LogP contribution in [0.1, 0.15) is 42.3 Å². The first-order valence-corrected chi connectivity index (χ1v) is 10.0. The normalized spacial score (nSPS) is 11.3. The third kappa shape index (κ3) is 8.88. The summed E-state index contributed by atoms with van der Waals surface area (Å²) in [5.41, 5.74) is 2.62. The molecule has 1 aromatic heterocycles. The van der Waals surface area contributed by atoms with Gasteiger partial charge in [-0.1, -0.05) is 12.1 Å². The van der Waals surface area contributed by atoms with E-state index in [2.05, 4.69) is 25.5 Å². The van der Waals surface area contributed by atoms with Gasteiger partial charge >= 0.3 is 6.61 Å². The number of aliphatic imine (C=N–C) groups is 1. The van der Waals surface area contributed by atoms with Gasteiger partial charge in [0.2, 0.25) is 0 Å². The highest BCUT2D eigenvalue weighted by atomic mass is 127. The van der Waals surface area contributed by atoms with Crippen molar-refractivity contribution in [1.29, 1.82) is 0 Å². The molecule has 1 aromatic carbocycles. The monoisotopic (exact) mass is 552 g/mol. The lowest BCUT2D eigenvalue weighted by molar-refractivity contribution is -0.0505. The number of nitrogens with one attached hydrogen (secondary N) is 2. The van der Waals surface area contributed by atoms with Crippen molar-refractivity contribution in [3.63, 3.8) is 0 Å². The molecule has 0 bridgehead atoms. The van der Waals surface area contributed by atoms with Crippen LogP contribution in [-0.4, -0.2) is 37.9 Å². The average Bonchev–Trinajstić information content (AvgIpc) is 3.04. The van der Waals surface area contributed by atoms with Crippen LogP contribution in [0.3, 0.4) is 0 Å². The van der Waals surface area contributed by atoms with Gasteiger partial charge in [-0.05, 0) is 45.2 Å². The summed E-state index contributed by atoms with van der Waals surface area (Å²) in [6.07, 6.45) is 2.54. The number of ether oxygens (including phenoxy) is 2. The van der Waals surface area contributed by atoms with Gasteiger partial charge in [0.25, 0.3) is 0 Å². The fourth-order valence-electron chi connectivity index (χ4n) is 2.93. The summed E-state index contributed by atoms with van der Waals surface area (Å²) in [6.45, 7) is 4.37. The summed E-state index contributed by atoms with van der Waals surface area (Å²) in [5.74, 6) is 1.99. The van der Waals surface area contributed by atoms with Gasteiger partial charge in [-0.2, -0.15) is 8.78 Å². The quantitative estimate of drug-likeness (QED) is 0.184. The van der Waals surface area contributed by atoms with E-state index in [-0.39, 0.29) is 36.3 Å². The molecular formula is C21H31F2IN4O3. The standard InChI is InChI=1S/C21H30F2N4O3.HI/c1-5-11-28-17-9-8-16(19(12-17)29-20(22)23)13-26-21(24-4)25-10-6-7-18-14(2)27-30-15(18)3;/h8-9,12,20H,5-7,10-11,13H2,1-4H3,(H2,24,25,26);1H. The van der Waals surface area contributed by atoms with Crippen LogP contribution in [0.15, 0.2) is 27.7 Å². The number of aryl methyl sites for hydroxylation is 2. The highest BCUT2D eigenvalue weighted by Crippen LogP contribution is 2.26. The number of rotatable bonds is 11. The number of alkyl halides is 2. The molecule has 0 atom stereocenters. The Morgan fingerprint density at radius 1 is 1.26 bits per heavy atom. The number of guanidine groups is 1. The van der Waals surface area contributed by atoms with E-state index < -0.39 is 6.61 Å². The van der Waals surface area contributed by atoms with Crippen LogP contribution >= 0.6 is 24.0 Å². The predicted molar refractivity (Wildman–Crippen MR) is 127 cm³/mol. The van der Waals surface area contributed by atoms with Crippen molar-refractivity contribution in [2.75, 3.05) is 20.2 Å². The average molecular weight is 552 g/mol. The zero-order valence-corrected chi connectivity index (χ0v) is 20.7. The number of hydrogen-bond acceptors (Lipinski definition) is 5. The maximum Gasteiger partial charge on any atom is 0.387 e. The Labute approximate surface area is 199 Å². The number of hydrogen-bond donors (Lipinski definition) is 2. The van der Waals surface area contributed by atoms with E-state index >= 15 is 0 Å². The van der Waals surface area contributed by atoms with E-state index in [9.17, 15) is 8.78 Å². The molecule has 0 saturated carbocycles. The second-order valence-electron chi connectivity index (χ2n) is 6.76. The molecule has 10 heteroatoms. The molecule has 31 heavy (non-hydrogen) atoms. The van der Waals surface area contributed by atoms with E-state index in [4.69, 9.17) is 9.26 Å². The largest absolute Gasteiger partial charge is 0.493 e. The predicted octanol–water partition coefficient (Wildman–Crippen LogP) is 4.60. The zero-order chi connectivity index (χ0) is 21.9. The summed E-state index contributed by atoms with van der Waals surface area (Å²) >= 11 is 0. The van der Waals surface area contributed by atoms with Gasteiger partial charge in [0.15, 0.2) is 5.96 Å². The fraction of sp³-hybridized carbons (Fsp3) is 0.524. The van der Waals surface area contributed by atoms with Crippen LogP contribution in [0.25, 0.3) is 0 Å². The summed E-state index contributed by atoms with van der Waals surface area (Å²) in [5, 5.41) is 10.3. The Bertz CT molecular complexity index is 811. The van der Waals surface area contributed by atoms with E-state index in [1.807, 2.05) is 20.8 Å². The smallest absolute Gasteiger partial charge is 0.387 e. The van der Waals surface area contributed by atoms with Crippen molar-refractivity contribution in [3.8, 4) is 11.5 Å². The highest BCUT2D eigenvalue weighted by Gasteiger charge is 2.12. The number of nitrogens with zero attached hydrogens (tertiary/aromatic N) is 2. The molecule has 0 amide bonds. The highest BCUT2D eigenvalue weighted by molar-refractivity contribution is 14.0. The molecule has 2 rings (SSSR count). The Kier molecular flexibility index (Phi) is 12.2. The Morgan fingerprint density at radius 3 is 2.65 bits per heavy atom. The topological polar surface area (TPSA) is 80.9 Å². The third-order valence-corrected chi connectivity index (χ3v) is 4.47. The van der Waals surface area contributed by atoms with Crippen LogP contribution in [0.4, 0.5) is 8.78 Å². The minimum atomic E-state index is -2.91. The van der Waals surface area contributed by atoms with Crippen LogP contribution in [0, 0.1) is 13.8 Å². The second-order valence-corrected chi connectivity index (χ2v) is 6.76. The van der Waals surface area contributed by atoms with Gasteiger partial charge in [-0.25, -0.2) is 0 Å². The molecule has 0 spiro atoms. The minimum absolute atomic E-state index is 0. The summed E-state index contributed by atoms with van der Waals surface area (Å²) < 4.78 is 40.9. The first-order chi connectivity index (χ1) is 14.4. The lowest BCUT2D eigenvalue weighted by Crippen LogP contribution is -2.37. The Morgan fingerprint density at radius 2 is 2.03 bits per heavy atom. The van der Waals surface area contributed by atoms with Crippen molar-refractivity contribution in [2.24, 2.45) is 4.99 Å². The third-order valence-electron chi connectivity index (χ3n) is 4.47. The van der Waals surface area contributed by atoms with E-state index in [1.54, 1.807) is 19.2 Å². The molecule has 7 nitrogen and oxygen atoms in total. The van der Waals surface area contributed by atoms with Gasteiger partial charge in [0.1, 0.15) is 17.3 Å². The molecule has 1 heterocycles. The summed E-state index contributed by atoms with van der Waals surface area (Å²) in [7, 11) is 1.65. The first kappa shape index (κ1) is 26.9. The molecule has 0 fully saturated rings. The molecule has 0 aliphatic heterocycles. The molecule has 2 N–H and O–H groups in total. The lowest BCUT2D eigenvalue weighted by Gasteiger charge is -2.16. The minimum Gasteiger partial charge on any atom is -0.493 e. The van der Waals surface area contributed by atoms with E-state index in [1.165, 1.54) is 6.07 Å². The molecule has 0 aliphatic carbocycles. The number of aromatic nitrogens is 1. The van der Waals surface area contributed by atoms with Crippen LogP contribution in [0.2, 0.25) is 0 Å². The second kappa shape index (κ2) is 14.0. The van der Waals surface area contributed by atoms with Crippen molar-refractivity contribution in [3.05, 3.63) is 40.8 Å². The van der Waals surface area contributed by atoms with Crippen molar-refractivity contribution < 1.29 is 22.8 Å². The van der Waals surface area contributed by atoms with Crippen LogP contribution < -0.4 is 20.1 Å². The maximum atomic E-state index is 12.8. The molecular weight excluding hydrogens is 521 g/mol. The lowest BCUT2D eigenvalue weighted by atomic mass is 10.1. The first-order valence-electron chi connectivity index (χ1n) is 10.0.